The topological polar surface area (TPSA) is 55.4 Å². The third kappa shape index (κ3) is 4.05. The van der Waals surface area contributed by atoms with Crippen molar-refractivity contribution in [3.8, 4) is 5.75 Å². The first-order valence-electron chi connectivity index (χ1n) is 7.17. The average molecular weight is 354 g/mol. The zero-order valence-electron chi connectivity index (χ0n) is 13.6. The van der Waals surface area contributed by atoms with Crippen LogP contribution in [0, 0.1) is 13.8 Å². The standard InChI is InChI=1S/C17H20ClNO3S/c1-11-5-7-15(12(2)9-11)13(3)19-23(20,21)17-10-14(18)6-8-16(17)22-4/h5-10,13,19H,1-4H3. The number of sulfonamides is 1. The molecule has 0 aliphatic heterocycles. The molecule has 23 heavy (non-hydrogen) atoms. The summed E-state index contributed by atoms with van der Waals surface area (Å²) >= 11 is 5.93. The van der Waals surface area contributed by atoms with E-state index in [1.54, 1.807) is 12.1 Å². The Labute approximate surface area is 142 Å². The van der Waals surface area contributed by atoms with Crippen molar-refractivity contribution in [3.05, 3.63) is 58.1 Å². The van der Waals surface area contributed by atoms with Gasteiger partial charge in [0.25, 0.3) is 0 Å². The van der Waals surface area contributed by atoms with Crippen molar-refractivity contribution >= 4 is 21.6 Å². The van der Waals surface area contributed by atoms with Crippen LogP contribution in [0.25, 0.3) is 0 Å². The summed E-state index contributed by atoms with van der Waals surface area (Å²) in [5, 5.41) is 0.338. The van der Waals surface area contributed by atoms with Gasteiger partial charge in [0.05, 0.1) is 7.11 Å². The SMILES string of the molecule is COc1ccc(Cl)cc1S(=O)(=O)NC(C)c1ccc(C)cc1C. The zero-order valence-corrected chi connectivity index (χ0v) is 15.1. The molecule has 2 aromatic rings. The molecule has 0 saturated carbocycles. The fraction of sp³-hybridized carbons (Fsp3) is 0.294. The Morgan fingerprint density at radius 2 is 1.83 bits per heavy atom. The summed E-state index contributed by atoms with van der Waals surface area (Å²) in [6.07, 6.45) is 0. The number of aryl methyl sites for hydroxylation is 2. The van der Waals surface area contributed by atoms with Crippen molar-refractivity contribution in [2.24, 2.45) is 0 Å². The van der Waals surface area contributed by atoms with E-state index in [0.717, 1.165) is 16.7 Å². The van der Waals surface area contributed by atoms with Gasteiger partial charge < -0.3 is 4.74 Å². The maximum absolute atomic E-state index is 12.7. The van der Waals surface area contributed by atoms with Gasteiger partial charge in [-0.2, -0.15) is 0 Å². The highest BCUT2D eigenvalue weighted by Gasteiger charge is 2.23. The van der Waals surface area contributed by atoms with Gasteiger partial charge in [0.2, 0.25) is 10.0 Å². The van der Waals surface area contributed by atoms with Crippen LogP contribution < -0.4 is 9.46 Å². The fourth-order valence-corrected chi connectivity index (χ4v) is 4.19. The molecule has 0 fully saturated rings. The molecule has 4 nitrogen and oxygen atoms in total. The second-order valence-corrected chi connectivity index (χ2v) is 7.62. The first-order valence-corrected chi connectivity index (χ1v) is 9.03. The number of hydrogen-bond acceptors (Lipinski definition) is 3. The number of ether oxygens (including phenoxy) is 1. The summed E-state index contributed by atoms with van der Waals surface area (Å²) < 4.78 is 33.2. The Bertz CT molecular complexity index is 819. The van der Waals surface area contributed by atoms with Crippen LogP contribution in [0.4, 0.5) is 0 Å². The van der Waals surface area contributed by atoms with Gasteiger partial charge in [-0.3, -0.25) is 0 Å². The minimum atomic E-state index is -3.76. The Morgan fingerprint density at radius 3 is 2.43 bits per heavy atom. The molecule has 124 valence electrons. The maximum atomic E-state index is 12.7. The van der Waals surface area contributed by atoms with Crippen LogP contribution in [0.1, 0.15) is 29.7 Å². The summed E-state index contributed by atoms with van der Waals surface area (Å²) in [7, 11) is -2.33. The highest BCUT2D eigenvalue weighted by Crippen LogP contribution is 2.29. The predicted octanol–water partition coefficient (Wildman–Crippen LogP) is 4.00. The second kappa shape index (κ2) is 6.91. The van der Waals surface area contributed by atoms with E-state index < -0.39 is 10.0 Å². The lowest BCUT2D eigenvalue weighted by molar-refractivity contribution is 0.402. The van der Waals surface area contributed by atoms with Gasteiger partial charge in [-0.1, -0.05) is 35.4 Å². The number of hydrogen-bond donors (Lipinski definition) is 1. The summed E-state index contributed by atoms with van der Waals surface area (Å²) in [6.45, 7) is 5.78. The average Bonchev–Trinajstić information content (AvgIpc) is 2.46. The van der Waals surface area contributed by atoms with Crippen molar-refractivity contribution < 1.29 is 13.2 Å². The van der Waals surface area contributed by atoms with Crippen molar-refractivity contribution in [2.75, 3.05) is 7.11 Å². The third-order valence-corrected chi connectivity index (χ3v) is 5.44. The summed E-state index contributed by atoms with van der Waals surface area (Å²) in [4.78, 5) is 0.0316. The molecule has 2 rings (SSSR count). The molecule has 0 aliphatic carbocycles. The molecule has 1 N–H and O–H groups in total. The normalized spacial score (nSPS) is 12.9. The molecule has 0 amide bonds. The first kappa shape index (κ1) is 17.8. The highest BCUT2D eigenvalue weighted by molar-refractivity contribution is 7.89. The Morgan fingerprint density at radius 1 is 1.13 bits per heavy atom. The minimum Gasteiger partial charge on any atom is -0.495 e. The number of benzene rings is 2. The monoisotopic (exact) mass is 353 g/mol. The Hall–Kier alpha value is -1.56. The molecule has 0 bridgehead atoms. The predicted molar refractivity (Wildman–Crippen MR) is 92.7 cm³/mol. The van der Waals surface area contributed by atoms with Gasteiger partial charge in [-0.15, -0.1) is 0 Å². The van der Waals surface area contributed by atoms with E-state index in [9.17, 15) is 8.42 Å². The highest BCUT2D eigenvalue weighted by atomic mass is 35.5. The number of methoxy groups -OCH3 is 1. The molecule has 0 spiro atoms. The van der Waals surface area contributed by atoms with E-state index in [0.29, 0.717) is 5.02 Å². The van der Waals surface area contributed by atoms with Gasteiger partial charge >= 0.3 is 0 Å². The number of halogens is 1. The van der Waals surface area contributed by atoms with E-state index in [4.69, 9.17) is 16.3 Å². The van der Waals surface area contributed by atoms with E-state index in [2.05, 4.69) is 4.72 Å². The van der Waals surface area contributed by atoms with Crippen molar-refractivity contribution in [1.29, 1.82) is 0 Å². The fourth-order valence-electron chi connectivity index (χ4n) is 2.53. The van der Waals surface area contributed by atoms with Crippen LogP contribution in [0.15, 0.2) is 41.3 Å². The molecule has 1 unspecified atom stereocenters. The lowest BCUT2D eigenvalue weighted by Crippen LogP contribution is -2.27. The molecule has 0 saturated heterocycles. The van der Waals surface area contributed by atoms with E-state index in [-0.39, 0.29) is 16.7 Å². The minimum absolute atomic E-state index is 0.0316. The van der Waals surface area contributed by atoms with Crippen LogP contribution in [0.2, 0.25) is 5.02 Å². The lowest BCUT2D eigenvalue weighted by atomic mass is 10.0. The Balaban J connectivity index is 2.36. The van der Waals surface area contributed by atoms with Crippen molar-refractivity contribution in [1.82, 2.24) is 4.72 Å². The van der Waals surface area contributed by atoms with Crippen LogP contribution in [0.5, 0.6) is 5.75 Å². The van der Waals surface area contributed by atoms with Crippen molar-refractivity contribution in [2.45, 2.75) is 31.7 Å². The number of nitrogens with one attached hydrogen (secondary N) is 1. The molecule has 2 aromatic carbocycles. The maximum Gasteiger partial charge on any atom is 0.244 e. The van der Waals surface area contributed by atoms with Gasteiger partial charge in [-0.05, 0) is 50.1 Å². The largest absolute Gasteiger partial charge is 0.495 e. The third-order valence-electron chi connectivity index (χ3n) is 3.64. The van der Waals surface area contributed by atoms with Gasteiger partial charge in [0, 0.05) is 11.1 Å². The molecule has 0 aromatic heterocycles. The van der Waals surface area contributed by atoms with Crippen molar-refractivity contribution in [3.63, 3.8) is 0 Å². The van der Waals surface area contributed by atoms with Gasteiger partial charge in [0.1, 0.15) is 10.6 Å². The Kier molecular flexibility index (Phi) is 5.34. The molecular formula is C17H20ClNO3S. The van der Waals surface area contributed by atoms with Crippen LogP contribution >= 0.6 is 11.6 Å². The molecular weight excluding hydrogens is 334 g/mol. The van der Waals surface area contributed by atoms with Crippen LogP contribution in [-0.2, 0) is 10.0 Å². The van der Waals surface area contributed by atoms with Gasteiger partial charge in [0.15, 0.2) is 0 Å². The quantitative estimate of drug-likeness (QED) is 0.883. The van der Waals surface area contributed by atoms with Gasteiger partial charge in [-0.25, -0.2) is 13.1 Å². The lowest BCUT2D eigenvalue weighted by Gasteiger charge is -2.18. The molecule has 0 aliphatic rings. The summed E-state index contributed by atoms with van der Waals surface area (Å²) in [5.41, 5.74) is 3.11. The van der Waals surface area contributed by atoms with E-state index >= 15 is 0 Å². The second-order valence-electron chi connectivity index (χ2n) is 5.50. The molecule has 1 atom stereocenters. The molecule has 0 heterocycles. The smallest absolute Gasteiger partial charge is 0.244 e. The van der Waals surface area contributed by atoms with Crippen LogP contribution in [-0.4, -0.2) is 15.5 Å². The van der Waals surface area contributed by atoms with E-state index in [1.807, 2.05) is 39.0 Å². The molecule has 6 heteroatoms. The van der Waals surface area contributed by atoms with E-state index in [1.165, 1.54) is 13.2 Å². The zero-order chi connectivity index (χ0) is 17.2. The summed E-state index contributed by atoms with van der Waals surface area (Å²) in [6, 6.07) is 10.1. The van der Waals surface area contributed by atoms with Crippen LogP contribution in [0.3, 0.4) is 0 Å². The molecule has 0 radical (unpaired) electrons. The first-order chi connectivity index (χ1) is 10.7. The number of rotatable bonds is 5. The summed E-state index contributed by atoms with van der Waals surface area (Å²) in [5.74, 6) is 0.259.